The van der Waals surface area contributed by atoms with Crippen molar-refractivity contribution in [3.05, 3.63) is 29.8 Å². The van der Waals surface area contributed by atoms with Gasteiger partial charge in [-0.3, -0.25) is 4.79 Å². The standard InChI is InChI=1S/C14H16N2O4S/c1-10(20-13-4-2-3-11(7-13)8-15)14(17)16-12-5-6-21(18,19)9-12/h2-4,7,10,12H,5-6,9H2,1H3,(H,16,17)/t10-,12-/m0/s1. The van der Waals surface area contributed by atoms with E-state index in [4.69, 9.17) is 10.00 Å². The number of nitriles is 1. The Morgan fingerprint density at radius 2 is 2.29 bits per heavy atom. The number of carbonyl (C=O) groups excluding carboxylic acids is 1. The van der Waals surface area contributed by atoms with Crippen molar-refractivity contribution in [3.8, 4) is 11.8 Å². The number of nitrogens with zero attached hydrogens (tertiary/aromatic N) is 1. The number of amides is 1. The highest BCUT2D eigenvalue weighted by Gasteiger charge is 2.30. The minimum atomic E-state index is -3.03. The van der Waals surface area contributed by atoms with E-state index in [-0.39, 0.29) is 23.5 Å². The maximum absolute atomic E-state index is 12.0. The highest BCUT2D eigenvalue weighted by atomic mass is 32.2. The van der Waals surface area contributed by atoms with Gasteiger partial charge in [-0.2, -0.15) is 5.26 Å². The third-order valence-electron chi connectivity index (χ3n) is 3.22. The Morgan fingerprint density at radius 1 is 1.52 bits per heavy atom. The summed E-state index contributed by atoms with van der Waals surface area (Å²) in [6.45, 7) is 1.58. The molecule has 6 nitrogen and oxygen atoms in total. The Morgan fingerprint density at radius 3 is 2.90 bits per heavy atom. The lowest BCUT2D eigenvalue weighted by atomic mass is 10.2. The average molecular weight is 308 g/mol. The van der Waals surface area contributed by atoms with E-state index in [0.29, 0.717) is 17.7 Å². The first-order chi connectivity index (χ1) is 9.89. The Balaban J connectivity index is 1.92. The first-order valence-electron chi connectivity index (χ1n) is 6.57. The van der Waals surface area contributed by atoms with E-state index < -0.39 is 15.9 Å². The first-order valence-corrected chi connectivity index (χ1v) is 8.39. The largest absolute Gasteiger partial charge is 0.481 e. The molecule has 2 rings (SSSR count). The van der Waals surface area contributed by atoms with E-state index in [2.05, 4.69) is 5.32 Å². The molecule has 1 aliphatic heterocycles. The van der Waals surface area contributed by atoms with Gasteiger partial charge in [0.05, 0.1) is 23.1 Å². The third kappa shape index (κ3) is 4.20. The quantitative estimate of drug-likeness (QED) is 0.880. The van der Waals surface area contributed by atoms with E-state index in [1.165, 1.54) is 0 Å². The Bertz CT molecular complexity index is 678. The lowest BCUT2D eigenvalue weighted by molar-refractivity contribution is -0.127. The van der Waals surface area contributed by atoms with Crippen LogP contribution in [0.3, 0.4) is 0 Å². The number of hydrogen-bond acceptors (Lipinski definition) is 5. The van der Waals surface area contributed by atoms with Crippen LogP contribution in [0.1, 0.15) is 18.9 Å². The molecule has 0 saturated carbocycles. The molecule has 0 radical (unpaired) electrons. The molecular formula is C14H16N2O4S. The Labute approximate surface area is 123 Å². The molecule has 0 unspecified atom stereocenters. The second-order valence-corrected chi connectivity index (χ2v) is 7.24. The summed E-state index contributed by atoms with van der Waals surface area (Å²) in [6.07, 6.45) is -0.327. The predicted octanol–water partition coefficient (Wildman–Crippen LogP) is 0.629. The van der Waals surface area contributed by atoms with Crippen molar-refractivity contribution >= 4 is 15.7 Å². The third-order valence-corrected chi connectivity index (χ3v) is 4.99. The maximum atomic E-state index is 12.0. The number of carbonyl (C=O) groups is 1. The van der Waals surface area contributed by atoms with Crippen molar-refractivity contribution in [1.29, 1.82) is 5.26 Å². The SMILES string of the molecule is C[C@H](Oc1cccc(C#N)c1)C(=O)N[C@H]1CCS(=O)(=O)C1. The van der Waals surface area contributed by atoms with Gasteiger partial charge in [0.25, 0.3) is 5.91 Å². The van der Waals surface area contributed by atoms with Crippen LogP contribution in [0.15, 0.2) is 24.3 Å². The van der Waals surface area contributed by atoms with Crippen LogP contribution in [0, 0.1) is 11.3 Å². The van der Waals surface area contributed by atoms with E-state index in [0.717, 1.165) is 0 Å². The van der Waals surface area contributed by atoms with Gasteiger partial charge in [0.1, 0.15) is 5.75 Å². The molecule has 112 valence electrons. The van der Waals surface area contributed by atoms with Crippen LogP contribution in [-0.2, 0) is 14.6 Å². The van der Waals surface area contributed by atoms with Crippen LogP contribution in [0.25, 0.3) is 0 Å². The van der Waals surface area contributed by atoms with Crippen molar-refractivity contribution in [2.24, 2.45) is 0 Å². The van der Waals surface area contributed by atoms with Gasteiger partial charge < -0.3 is 10.1 Å². The highest BCUT2D eigenvalue weighted by molar-refractivity contribution is 7.91. The van der Waals surface area contributed by atoms with E-state index in [9.17, 15) is 13.2 Å². The molecule has 2 atom stereocenters. The zero-order chi connectivity index (χ0) is 15.5. The van der Waals surface area contributed by atoms with Gasteiger partial charge >= 0.3 is 0 Å². The fourth-order valence-corrected chi connectivity index (χ4v) is 3.80. The van der Waals surface area contributed by atoms with Gasteiger partial charge in [0, 0.05) is 6.04 Å². The molecule has 7 heteroatoms. The van der Waals surface area contributed by atoms with E-state index in [1.54, 1.807) is 31.2 Å². The van der Waals surface area contributed by atoms with Gasteiger partial charge in [-0.15, -0.1) is 0 Å². The topological polar surface area (TPSA) is 96.3 Å². The molecule has 1 aromatic rings. The molecule has 1 saturated heterocycles. The molecular weight excluding hydrogens is 292 g/mol. The second kappa shape index (κ2) is 6.14. The summed E-state index contributed by atoms with van der Waals surface area (Å²) in [7, 11) is -3.03. The molecule has 1 aliphatic rings. The van der Waals surface area contributed by atoms with Gasteiger partial charge in [0.15, 0.2) is 15.9 Å². The smallest absolute Gasteiger partial charge is 0.261 e. The fourth-order valence-electron chi connectivity index (χ4n) is 2.12. The van der Waals surface area contributed by atoms with Crippen molar-refractivity contribution in [1.82, 2.24) is 5.32 Å². The second-order valence-electron chi connectivity index (χ2n) is 5.01. The summed E-state index contributed by atoms with van der Waals surface area (Å²) in [5.41, 5.74) is 0.446. The van der Waals surface area contributed by atoms with Crippen molar-refractivity contribution < 1.29 is 17.9 Å². The summed E-state index contributed by atoms with van der Waals surface area (Å²) in [5, 5.41) is 11.5. The average Bonchev–Trinajstić information content (AvgIpc) is 2.78. The normalized spacial score (nSPS) is 21.2. The monoisotopic (exact) mass is 308 g/mol. The molecule has 1 amide bonds. The lowest BCUT2D eigenvalue weighted by Crippen LogP contribution is -2.43. The van der Waals surface area contributed by atoms with Crippen LogP contribution in [-0.4, -0.2) is 38.0 Å². The van der Waals surface area contributed by atoms with Crippen LogP contribution in [0.2, 0.25) is 0 Å². The van der Waals surface area contributed by atoms with Gasteiger partial charge in [-0.1, -0.05) is 6.07 Å². The van der Waals surface area contributed by atoms with Gasteiger partial charge in [-0.05, 0) is 31.5 Å². The minimum absolute atomic E-state index is 0.0185. The van der Waals surface area contributed by atoms with Gasteiger partial charge in [-0.25, -0.2) is 8.42 Å². The molecule has 1 aromatic carbocycles. The number of nitrogens with one attached hydrogen (secondary N) is 1. The molecule has 1 fully saturated rings. The van der Waals surface area contributed by atoms with E-state index >= 15 is 0 Å². The predicted molar refractivity (Wildman–Crippen MR) is 76.4 cm³/mol. The fraction of sp³-hybridized carbons (Fsp3) is 0.429. The summed E-state index contributed by atoms with van der Waals surface area (Å²) < 4.78 is 28.1. The molecule has 21 heavy (non-hydrogen) atoms. The molecule has 0 aliphatic carbocycles. The summed E-state index contributed by atoms with van der Waals surface area (Å²) in [6, 6.07) is 8.15. The summed E-state index contributed by atoms with van der Waals surface area (Å²) >= 11 is 0. The molecule has 1 N–H and O–H groups in total. The van der Waals surface area contributed by atoms with Crippen molar-refractivity contribution in [2.75, 3.05) is 11.5 Å². The lowest BCUT2D eigenvalue weighted by Gasteiger charge is -2.17. The highest BCUT2D eigenvalue weighted by Crippen LogP contribution is 2.15. The number of ether oxygens (including phenoxy) is 1. The van der Waals surface area contributed by atoms with Crippen molar-refractivity contribution in [2.45, 2.75) is 25.5 Å². The number of sulfone groups is 1. The number of rotatable bonds is 4. The number of hydrogen-bond donors (Lipinski definition) is 1. The zero-order valence-corrected chi connectivity index (χ0v) is 12.4. The Kier molecular flexibility index (Phi) is 4.48. The number of benzene rings is 1. The van der Waals surface area contributed by atoms with Crippen LogP contribution >= 0.6 is 0 Å². The minimum Gasteiger partial charge on any atom is -0.481 e. The van der Waals surface area contributed by atoms with E-state index in [1.807, 2.05) is 6.07 Å². The van der Waals surface area contributed by atoms with Crippen LogP contribution < -0.4 is 10.1 Å². The maximum Gasteiger partial charge on any atom is 0.261 e. The van der Waals surface area contributed by atoms with Gasteiger partial charge in [0.2, 0.25) is 0 Å². The summed E-state index contributed by atoms with van der Waals surface area (Å²) in [4.78, 5) is 12.0. The molecule has 0 bridgehead atoms. The first kappa shape index (κ1) is 15.3. The summed E-state index contributed by atoms with van der Waals surface area (Å²) in [5.74, 6) is 0.155. The zero-order valence-electron chi connectivity index (χ0n) is 11.6. The van der Waals surface area contributed by atoms with Crippen LogP contribution in [0.4, 0.5) is 0 Å². The van der Waals surface area contributed by atoms with Crippen molar-refractivity contribution in [3.63, 3.8) is 0 Å². The Hall–Kier alpha value is -2.07. The molecule has 1 heterocycles. The molecule has 0 spiro atoms. The van der Waals surface area contributed by atoms with Crippen LogP contribution in [0.5, 0.6) is 5.75 Å². The molecule has 0 aromatic heterocycles.